The number of anilines is 1. The second-order valence-corrected chi connectivity index (χ2v) is 4.87. The predicted molar refractivity (Wildman–Crippen MR) is 81.1 cm³/mol. The van der Waals surface area contributed by atoms with Gasteiger partial charge in [0, 0.05) is 32.4 Å². The summed E-state index contributed by atoms with van der Waals surface area (Å²) in [4.78, 5) is 14.5. The highest BCUT2D eigenvalue weighted by molar-refractivity contribution is 5.99. The third-order valence-electron chi connectivity index (χ3n) is 3.44. The summed E-state index contributed by atoms with van der Waals surface area (Å²) in [5.74, 6) is 0.0919. The van der Waals surface area contributed by atoms with Gasteiger partial charge < -0.3 is 15.0 Å². The van der Waals surface area contributed by atoms with Crippen LogP contribution in [0, 0.1) is 0 Å². The number of carbonyl (C=O) groups excluding carboxylic acids is 1. The number of rotatable bonds is 5. The topological polar surface area (TPSA) is 41.6 Å². The van der Waals surface area contributed by atoms with Gasteiger partial charge >= 0.3 is 0 Å². The summed E-state index contributed by atoms with van der Waals surface area (Å²) in [5.41, 5.74) is 2.93. The van der Waals surface area contributed by atoms with E-state index in [2.05, 4.69) is 11.4 Å². The quantitative estimate of drug-likeness (QED) is 0.839. The fourth-order valence-corrected chi connectivity index (χ4v) is 2.40. The summed E-state index contributed by atoms with van der Waals surface area (Å²) >= 11 is 0. The Morgan fingerprint density at radius 1 is 1.40 bits per heavy atom. The molecule has 0 bridgehead atoms. The number of hydrogen-bond acceptors (Lipinski definition) is 3. The van der Waals surface area contributed by atoms with E-state index in [0.717, 1.165) is 30.8 Å². The van der Waals surface area contributed by atoms with Crippen molar-refractivity contribution in [2.75, 3.05) is 38.7 Å². The number of nitrogens with zero attached hydrogens (tertiary/aromatic N) is 1. The largest absolute Gasteiger partial charge is 0.385 e. The minimum absolute atomic E-state index is 0.0919. The first-order valence-electron chi connectivity index (χ1n) is 7.05. The molecule has 1 aromatic rings. The van der Waals surface area contributed by atoms with Crippen LogP contribution in [0.5, 0.6) is 0 Å². The Morgan fingerprint density at radius 3 is 2.85 bits per heavy atom. The molecule has 0 saturated carbocycles. The maximum atomic E-state index is 12.6. The minimum atomic E-state index is 0.0919. The van der Waals surface area contributed by atoms with Crippen molar-refractivity contribution in [1.82, 2.24) is 4.90 Å². The van der Waals surface area contributed by atoms with Crippen LogP contribution >= 0.6 is 0 Å². The average molecular weight is 274 g/mol. The Morgan fingerprint density at radius 2 is 2.20 bits per heavy atom. The Hall–Kier alpha value is -1.81. The Labute approximate surface area is 120 Å². The second-order valence-electron chi connectivity index (χ2n) is 4.87. The number of carbonyl (C=O) groups is 1. The predicted octanol–water partition coefficient (Wildman–Crippen LogP) is 2.54. The summed E-state index contributed by atoms with van der Waals surface area (Å²) in [6.45, 7) is 4.92. The highest BCUT2D eigenvalue weighted by Gasteiger charge is 2.20. The highest BCUT2D eigenvalue weighted by Crippen LogP contribution is 2.19. The van der Waals surface area contributed by atoms with Crippen molar-refractivity contribution >= 4 is 11.6 Å². The van der Waals surface area contributed by atoms with Crippen molar-refractivity contribution in [3.05, 3.63) is 41.5 Å². The number of ether oxygens (including phenoxy) is 1. The van der Waals surface area contributed by atoms with Crippen molar-refractivity contribution in [2.45, 2.75) is 13.3 Å². The molecule has 1 heterocycles. The van der Waals surface area contributed by atoms with Crippen LogP contribution in [0.4, 0.5) is 5.69 Å². The number of amides is 1. The SMILES string of the molecule is CCNc1ccccc1C(=O)N1CC=C(COC)CC1. The number of benzene rings is 1. The molecule has 1 aliphatic heterocycles. The lowest BCUT2D eigenvalue weighted by atomic mass is 10.1. The zero-order chi connectivity index (χ0) is 14.4. The molecule has 108 valence electrons. The molecular weight excluding hydrogens is 252 g/mol. The maximum absolute atomic E-state index is 12.6. The summed E-state index contributed by atoms with van der Waals surface area (Å²) in [6.07, 6.45) is 2.99. The van der Waals surface area contributed by atoms with Crippen LogP contribution in [0.3, 0.4) is 0 Å². The van der Waals surface area contributed by atoms with Gasteiger partial charge in [-0.2, -0.15) is 0 Å². The average Bonchev–Trinajstić information content (AvgIpc) is 2.49. The van der Waals surface area contributed by atoms with Gasteiger partial charge in [-0.1, -0.05) is 18.2 Å². The van der Waals surface area contributed by atoms with Gasteiger partial charge in [-0.15, -0.1) is 0 Å². The molecule has 0 aliphatic carbocycles. The number of methoxy groups -OCH3 is 1. The molecule has 0 unspecified atom stereocenters. The van der Waals surface area contributed by atoms with Gasteiger partial charge in [0.1, 0.15) is 0 Å². The van der Waals surface area contributed by atoms with Crippen molar-refractivity contribution in [3.63, 3.8) is 0 Å². The third-order valence-corrected chi connectivity index (χ3v) is 3.44. The Balaban J connectivity index is 2.09. The molecule has 2 rings (SSSR count). The lowest BCUT2D eigenvalue weighted by Gasteiger charge is -2.27. The van der Waals surface area contributed by atoms with Crippen LogP contribution in [0.2, 0.25) is 0 Å². The molecule has 0 aromatic heterocycles. The Bertz CT molecular complexity index is 497. The molecule has 1 amide bonds. The smallest absolute Gasteiger partial charge is 0.256 e. The maximum Gasteiger partial charge on any atom is 0.256 e. The minimum Gasteiger partial charge on any atom is -0.385 e. The molecule has 0 spiro atoms. The van der Waals surface area contributed by atoms with Gasteiger partial charge in [-0.05, 0) is 31.1 Å². The summed E-state index contributed by atoms with van der Waals surface area (Å²) in [6, 6.07) is 7.69. The zero-order valence-corrected chi connectivity index (χ0v) is 12.2. The van der Waals surface area contributed by atoms with Crippen LogP contribution in [0.25, 0.3) is 0 Å². The highest BCUT2D eigenvalue weighted by atomic mass is 16.5. The van der Waals surface area contributed by atoms with Crippen molar-refractivity contribution in [2.24, 2.45) is 0 Å². The van der Waals surface area contributed by atoms with E-state index in [1.165, 1.54) is 5.57 Å². The van der Waals surface area contributed by atoms with Crippen molar-refractivity contribution < 1.29 is 9.53 Å². The van der Waals surface area contributed by atoms with Gasteiger partial charge in [-0.25, -0.2) is 0 Å². The first-order valence-corrected chi connectivity index (χ1v) is 7.05. The molecule has 1 aromatic carbocycles. The fraction of sp³-hybridized carbons (Fsp3) is 0.438. The van der Waals surface area contributed by atoms with Gasteiger partial charge in [0.15, 0.2) is 0 Å². The van der Waals surface area contributed by atoms with Crippen LogP contribution < -0.4 is 5.32 Å². The molecule has 0 radical (unpaired) electrons. The van der Waals surface area contributed by atoms with E-state index in [0.29, 0.717) is 13.2 Å². The van der Waals surface area contributed by atoms with E-state index >= 15 is 0 Å². The third kappa shape index (κ3) is 3.39. The van der Waals surface area contributed by atoms with Crippen LogP contribution in [0.15, 0.2) is 35.9 Å². The van der Waals surface area contributed by atoms with E-state index in [9.17, 15) is 4.79 Å². The first-order chi connectivity index (χ1) is 9.76. The van der Waals surface area contributed by atoms with Crippen LogP contribution in [-0.4, -0.2) is 44.2 Å². The van der Waals surface area contributed by atoms with Crippen molar-refractivity contribution in [1.29, 1.82) is 0 Å². The summed E-state index contributed by atoms with van der Waals surface area (Å²) < 4.78 is 5.13. The van der Waals surface area contributed by atoms with Gasteiger partial charge in [0.2, 0.25) is 0 Å². The zero-order valence-electron chi connectivity index (χ0n) is 12.2. The standard InChI is InChI=1S/C16H22N2O2/c1-3-17-15-7-5-4-6-14(15)16(19)18-10-8-13(9-11-18)12-20-2/h4-8,17H,3,9-12H2,1-2H3. The van der Waals surface area contributed by atoms with Gasteiger partial charge in [-0.3, -0.25) is 4.79 Å². The van der Waals surface area contributed by atoms with E-state index < -0.39 is 0 Å². The molecule has 1 N–H and O–H groups in total. The van der Waals surface area contributed by atoms with E-state index in [1.54, 1.807) is 7.11 Å². The molecule has 0 saturated heterocycles. The van der Waals surface area contributed by atoms with Crippen LogP contribution in [0.1, 0.15) is 23.7 Å². The normalized spacial score (nSPS) is 14.9. The molecule has 4 nitrogen and oxygen atoms in total. The Kier molecular flexibility index (Phi) is 5.18. The van der Waals surface area contributed by atoms with E-state index in [1.807, 2.05) is 36.1 Å². The number of para-hydroxylation sites is 1. The van der Waals surface area contributed by atoms with Crippen LogP contribution in [-0.2, 0) is 4.74 Å². The molecule has 0 fully saturated rings. The number of nitrogens with one attached hydrogen (secondary N) is 1. The van der Waals surface area contributed by atoms with E-state index in [-0.39, 0.29) is 5.91 Å². The summed E-state index contributed by atoms with van der Waals surface area (Å²) in [7, 11) is 1.70. The molecule has 0 atom stereocenters. The monoisotopic (exact) mass is 274 g/mol. The molecule has 20 heavy (non-hydrogen) atoms. The van der Waals surface area contributed by atoms with E-state index in [4.69, 9.17) is 4.74 Å². The van der Waals surface area contributed by atoms with Crippen molar-refractivity contribution in [3.8, 4) is 0 Å². The summed E-state index contributed by atoms with van der Waals surface area (Å²) in [5, 5.41) is 3.24. The lowest BCUT2D eigenvalue weighted by Crippen LogP contribution is -2.35. The fourth-order valence-electron chi connectivity index (χ4n) is 2.40. The first kappa shape index (κ1) is 14.6. The van der Waals surface area contributed by atoms with Gasteiger partial charge in [0.25, 0.3) is 5.91 Å². The second kappa shape index (κ2) is 7.10. The molecular formula is C16H22N2O2. The molecule has 4 heteroatoms. The molecule has 1 aliphatic rings. The number of hydrogen-bond donors (Lipinski definition) is 1. The van der Waals surface area contributed by atoms with Gasteiger partial charge in [0.05, 0.1) is 12.2 Å². The lowest BCUT2D eigenvalue weighted by molar-refractivity contribution is 0.0766.